The topological polar surface area (TPSA) is 56.5 Å². The van der Waals surface area contributed by atoms with Crippen LogP contribution in [0.15, 0.2) is 18.2 Å². The van der Waals surface area contributed by atoms with Gasteiger partial charge in [-0.3, -0.25) is 0 Å². The highest BCUT2D eigenvalue weighted by Gasteiger charge is 2.27. The number of fused-ring (bicyclic) bond motifs is 1. The lowest BCUT2D eigenvalue weighted by atomic mass is 9.91. The first-order chi connectivity index (χ1) is 8.55. The average molecular weight is 250 g/mol. The summed E-state index contributed by atoms with van der Waals surface area (Å²) in [6.07, 6.45) is 0. The molecule has 2 rings (SSSR count). The molecule has 1 aliphatic rings. The van der Waals surface area contributed by atoms with Crippen LogP contribution >= 0.6 is 0 Å². The molecule has 1 atom stereocenters. The SMILES string of the molecule is CC(C)NC(C)(CN)c1ccc2c(c1)OCCO2. The van der Waals surface area contributed by atoms with Crippen molar-refractivity contribution in [3.05, 3.63) is 23.8 Å². The van der Waals surface area contributed by atoms with Crippen LogP contribution in [0.4, 0.5) is 0 Å². The second-order valence-corrected chi connectivity index (χ2v) is 5.19. The molecule has 4 heteroatoms. The van der Waals surface area contributed by atoms with E-state index in [0.717, 1.165) is 17.1 Å². The molecule has 1 heterocycles. The third kappa shape index (κ3) is 2.60. The highest BCUT2D eigenvalue weighted by molar-refractivity contribution is 5.45. The monoisotopic (exact) mass is 250 g/mol. The van der Waals surface area contributed by atoms with Crippen molar-refractivity contribution in [3.63, 3.8) is 0 Å². The predicted molar refractivity (Wildman–Crippen MR) is 72.1 cm³/mol. The Morgan fingerprint density at radius 3 is 2.56 bits per heavy atom. The molecule has 0 bridgehead atoms. The van der Waals surface area contributed by atoms with Crippen LogP contribution in [-0.2, 0) is 5.54 Å². The van der Waals surface area contributed by atoms with E-state index in [-0.39, 0.29) is 5.54 Å². The van der Waals surface area contributed by atoms with E-state index < -0.39 is 0 Å². The molecule has 0 saturated heterocycles. The maximum absolute atomic E-state index is 5.93. The molecule has 1 aliphatic heterocycles. The molecule has 18 heavy (non-hydrogen) atoms. The highest BCUT2D eigenvalue weighted by atomic mass is 16.6. The minimum Gasteiger partial charge on any atom is -0.486 e. The van der Waals surface area contributed by atoms with Gasteiger partial charge in [0.2, 0.25) is 0 Å². The van der Waals surface area contributed by atoms with Crippen molar-refractivity contribution < 1.29 is 9.47 Å². The van der Waals surface area contributed by atoms with Gasteiger partial charge in [-0.2, -0.15) is 0 Å². The van der Waals surface area contributed by atoms with Gasteiger partial charge in [-0.15, -0.1) is 0 Å². The number of ether oxygens (including phenoxy) is 2. The largest absolute Gasteiger partial charge is 0.486 e. The Morgan fingerprint density at radius 2 is 1.94 bits per heavy atom. The lowest BCUT2D eigenvalue weighted by Crippen LogP contribution is -2.48. The van der Waals surface area contributed by atoms with Crippen molar-refractivity contribution in [1.29, 1.82) is 0 Å². The second-order valence-electron chi connectivity index (χ2n) is 5.19. The molecule has 3 N–H and O–H groups in total. The zero-order chi connectivity index (χ0) is 13.2. The maximum atomic E-state index is 5.93. The van der Waals surface area contributed by atoms with Gasteiger partial charge in [-0.1, -0.05) is 19.9 Å². The molecule has 1 aromatic rings. The molecular formula is C14H22N2O2. The van der Waals surface area contributed by atoms with Crippen molar-refractivity contribution in [3.8, 4) is 11.5 Å². The first kappa shape index (κ1) is 13.2. The molecule has 0 amide bonds. The molecule has 1 unspecified atom stereocenters. The molecule has 0 spiro atoms. The van der Waals surface area contributed by atoms with Crippen molar-refractivity contribution in [1.82, 2.24) is 5.32 Å². The molecule has 0 aliphatic carbocycles. The zero-order valence-electron chi connectivity index (χ0n) is 11.3. The summed E-state index contributed by atoms with van der Waals surface area (Å²) < 4.78 is 11.1. The lowest BCUT2D eigenvalue weighted by molar-refractivity contribution is 0.171. The lowest BCUT2D eigenvalue weighted by Gasteiger charge is -2.33. The van der Waals surface area contributed by atoms with Gasteiger partial charge in [0.15, 0.2) is 11.5 Å². The van der Waals surface area contributed by atoms with Gasteiger partial charge in [-0.25, -0.2) is 0 Å². The summed E-state index contributed by atoms with van der Waals surface area (Å²) in [5, 5.41) is 3.51. The van der Waals surface area contributed by atoms with Crippen molar-refractivity contribution in [2.45, 2.75) is 32.4 Å². The van der Waals surface area contributed by atoms with E-state index in [2.05, 4.69) is 32.2 Å². The first-order valence-corrected chi connectivity index (χ1v) is 6.43. The fourth-order valence-corrected chi connectivity index (χ4v) is 2.28. The Morgan fingerprint density at radius 1 is 1.28 bits per heavy atom. The smallest absolute Gasteiger partial charge is 0.161 e. The quantitative estimate of drug-likeness (QED) is 0.853. The molecule has 0 aromatic heterocycles. The second kappa shape index (κ2) is 5.16. The Balaban J connectivity index is 2.31. The van der Waals surface area contributed by atoms with Crippen LogP contribution in [0.2, 0.25) is 0 Å². The Labute approximate surface area is 108 Å². The summed E-state index contributed by atoms with van der Waals surface area (Å²) in [6, 6.07) is 6.40. The Hall–Kier alpha value is -1.26. The van der Waals surface area contributed by atoms with Gasteiger partial charge >= 0.3 is 0 Å². The fourth-order valence-electron chi connectivity index (χ4n) is 2.28. The van der Waals surface area contributed by atoms with Crippen molar-refractivity contribution in [2.24, 2.45) is 5.73 Å². The van der Waals surface area contributed by atoms with Gasteiger partial charge in [0, 0.05) is 12.6 Å². The highest BCUT2D eigenvalue weighted by Crippen LogP contribution is 2.34. The molecule has 100 valence electrons. The summed E-state index contributed by atoms with van der Waals surface area (Å²) in [4.78, 5) is 0. The molecule has 1 aromatic carbocycles. The van der Waals surface area contributed by atoms with E-state index in [1.807, 2.05) is 12.1 Å². The summed E-state index contributed by atoms with van der Waals surface area (Å²) in [5.41, 5.74) is 6.81. The maximum Gasteiger partial charge on any atom is 0.161 e. The van der Waals surface area contributed by atoms with Crippen LogP contribution in [0.5, 0.6) is 11.5 Å². The average Bonchev–Trinajstić information content (AvgIpc) is 2.37. The normalized spacial score (nSPS) is 17.6. The molecule has 4 nitrogen and oxygen atoms in total. The summed E-state index contributed by atoms with van der Waals surface area (Å²) in [7, 11) is 0. The van der Waals surface area contributed by atoms with Gasteiger partial charge in [0.25, 0.3) is 0 Å². The van der Waals surface area contributed by atoms with E-state index in [9.17, 15) is 0 Å². The van der Waals surface area contributed by atoms with E-state index >= 15 is 0 Å². The van der Waals surface area contributed by atoms with Gasteiger partial charge in [0.1, 0.15) is 13.2 Å². The van der Waals surface area contributed by atoms with Crippen LogP contribution in [0.25, 0.3) is 0 Å². The van der Waals surface area contributed by atoms with Crippen molar-refractivity contribution in [2.75, 3.05) is 19.8 Å². The zero-order valence-corrected chi connectivity index (χ0v) is 11.3. The third-order valence-corrected chi connectivity index (χ3v) is 3.19. The number of hydrogen-bond donors (Lipinski definition) is 2. The minimum absolute atomic E-state index is 0.246. The van der Waals surface area contributed by atoms with Gasteiger partial charge < -0.3 is 20.5 Å². The minimum atomic E-state index is -0.246. The van der Waals surface area contributed by atoms with Crippen LogP contribution in [0.1, 0.15) is 26.3 Å². The number of nitrogens with two attached hydrogens (primary N) is 1. The van der Waals surface area contributed by atoms with Crippen molar-refractivity contribution >= 4 is 0 Å². The van der Waals surface area contributed by atoms with Crippen LogP contribution in [0, 0.1) is 0 Å². The summed E-state index contributed by atoms with van der Waals surface area (Å²) >= 11 is 0. The van der Waals surface area contributed by atoms with Gasteiger partial charge in [-0.05, 0) is 24.6 Å². The standard InChI is InChI=1S/C14H22N2O2/c1-10(2)16-14(3,9-15)11-4-5-12-13(8-11)18-7-6-17-12/h4-5,8,10,16H,6-7,9,15H2,1-3H3. The number of hydrogen-bond acceptors (Lipinski definition) is 4. The molecule has 0 fully saturated rings. The molecular weight excluding hydrogens is 228 g/mol. The number of benzene rings is 1. The third-order valence-electron chi connectivity index (χ3n) is 3.19. The fraction of sp³-hybridized carbons (Fsp3) is 0.571. The summed E-state index contributed by atoms with van der Waals surface area (Å²) in [5.74, 6) is 1.62. The van der Waals surface area contributed by atoms with Crippen LogP contribution < -0.4 is 20.5 Å². The van der Waals surface area contributed by atoms with Crippen LogP contribution in [0.3, 0.4) is 0 Å². The van der Waals surface area contributed by atoms with E-state index in [1.54, 1.807) is 0 Å². The van der Waals surface area contributed by atoms with Crippen LogP contribution in [-0.4, -0.2) is 25.8 Å². The Bertz CT molecular complexity index is 420. The Kier molecular flexibility index (Phi) is 3.78. The van der Waals surface area contributed by atoms with E-state index in [1.165, 1.54) is 0 Å². The predicted octanol–water partition coefficient (Wildman–Crippen LogP) is 1.63. The summed E-state index contributed by atoms with van der Waals surface area (Å²) in [6.45, 7) is 8.10. The number of rotatable bonds is 4. The molecule has 0 radical (unpaired) electrons. The van der Waals surface area contributed by atoms with E-state index in [0.29, 0.717) is 25.8 Å². The number of nitrogens with one attached hydrogen (secondary N) is 1. The first-order valence-electron chi connectivity index (χ1n) is 6.43. The van der Waals surface area contributed by atoms with Gasteiger partial charge in [0.05, 0.1) is 5.54 Å². The molecule has 0 saturated carbocycles. The van der Waals surface area contributed by atoms with E-state index in [4.69, 9.17) is 15.2 Å².